The van der Waals surface area contributed by atoms with Gasteiger partial charge in [0.15, 0.2) is 5.82 Å². The molecule has 0 saturated carbocycles. The number of hydrogen-bond donors (Lipinski definition) is 1. The van der Waals surface area contributed by atoms with Crippen molar-refractivity contribution >= 4 is 29.3 Å². The Balaban J connectivity index is 0.997. The molecule has 13 nitrogen and oxygen atoms in total. The number of amides is 1. The summed E-state index contributed by atoms with van der Waals surface area (Å²) in [6.45, 7) is 10.3. The van der Waals surface area contributed by atoms with Crippen molar-refractivity contribution in [1.82, 2.24) is 39.3 Å². The summed E-state index contributed by atoms with van der Waals surface area (Å²) >= 11 is 0. The van der Waals surface area contributed by atoms with Crippen molar-refractivity contribution in [3.8, 4) is 11.1 Å². The summed E-state index contributed by atoms with van der Waals surface area (Å²) in [5.41, 5.74) is 5.25. The Labute approximate surface area is 313 Å². The second kappa shape index (κ2) is 14.7. The van der Waals surface area contributed by atoms with E-state index in [1.54, 1.807) is 37.1 Å². The number of benzene rings is 1. The van der Waals surface area contributed by atoms with Gasteiger partial charge in [-0.05, 0) is 67.2 Å². The quantitative estimate of drug-likeness (QED) is 0.247. The summed E-state index contributed by atoms with van der Waals surface area (Å²) in [6, 6.07) is 3.79. The maximum absolute atomic E-state index is 14.7. The molecule has 0 aliphatic carbocycles. The second-order valence-corrected chi connectivity index (χ2v) is 15.5. The van der Waals surface area contributed by atoms with Crippen molar-refractivity contribution in [2.45, 2.75) is 71.4 Å². The number of aryl methyl sites for hydroxylation is 2. The topological polar surface area (TPSA) is 129 Å². The van der Waals surface area contributed by atoms with E-state index < -0.39 is 12.4 Å². The zero-order valence-corrected chi connectivity index (χ0v) is 31.2. The summed E-state index contributed by atoms with van der Waals surface area (Å²) in [4.78, 5) is 41.2. The van der Waals surface area contributed by atoms with E-state index in [4.69, 9.17) is 5.10 Å². The number of rotatable bonds is 8. The van der Waals surface area contributed by atoms with Gasteiger partial charge in [-0.1, -0.05) is 6.92 Å². The maximum atomic E-state index is 14.7. The molecule has 1 amide bonds. The number of aromatic carboxylic acids is 1. The molecule has 4 aromatic rings. The highest BCUT2D eigenvalue weighted by Gasteiger charge is 2.36. The third-order valence-corrected chi connectivity index (χ3v) is 12.0. The fraction of sp³-hybridized carbons (Fsp3) is 0.538. The number of alkyl halides is 2. The number of halogens is 2. The van der Waals surface area contributed by atoms with E-state index in [0.717, 1.165) is 93.2 Å². The normalized spacial score (nSPS) is 21.0. The Bertz CT molecular complexity index is 2020. The Kier molecular flexibility index (Phi) is 9.84. The molecule has 0 bridgehead atoms. The van der Waals surface area contributed by atoms with E-state index in [1.807, 2.05) is 11.0 Å². The molecule has 4 aliphatic heterocycles. The number of carboxylic acid groups (broad SMARTS) is 1. The molecule has 1 aromatic carbocycles. The first-order valence-corrected chi connectivity index (χ1v) is 19.1. The van der Waals surface area contributed by atoms with Gasteiger partial charge in [0.1, 0.15) is 0 Å². The monoisotopic (exact) mass is 742 g/mol. The standard InChI is InChI=1S/C39H48F2N10O3/c1-24-20-49(39-42-17-28(18-43-39)38(53)54)13-6-27(24)22-47-11-7-30(8-12-47)51-34-9-14-48(25(2)52)23-33(34)37(45-51)50-10-4-5-26-15-31(29-19-44-46(3)21-29)32(36(40)41)16-35(26)50/h15-19,21,24,27,30,36H,4-14,20,22-23H2,1-3H3,(H,53,54)/t24-,27-/m0/s1. The molecular weight excluding hydrogens is 694 g/mol. The molecule has 2 fully saturated rings. The minimum absolute atomic E-state index is 0.0117. The van der Waals surface area contributed by atoms with Crippen LogP contribution in [0.15, 0.2) is 36.9 Å². The fourth-order valence-electron chi connectivity index (χ4n) is 9.00. The van der Waals surface area contributed by atoms with Crippen LogP contribution in [0.1, 0.15) is 84.7 Å². The summed E-state index contributed by atoms with van der Waals surface area (Å²) in [5.74, 6) is 1.33. The number of aromatic nitrogens is 6. The zero-order valence-electron chi connectivity index (χ0n) is 31.2. The number of carboxylic acids is 1. The highest BCUT2D eigenvalue weighted by Crippen LogP contribution is 2.44. The van der Waals surface area contributed by atoms with Gasteiger partial charge in [-0.15, -0.1) is 0 Å². The third-order valence-electron chi connectivity index (χ3n) is 12.0. The van der Waals surface area contributed by atoms with Gasteiger partial charge in [0.05, 0.1) is 24.3 Å². The van der Waals surface area contributed by atoms with Crippen LogP contribution in [0.5, 0.6) is 0 Å². The minimum Gasteiger partial charge on any atom is -0.478 e. The number of hydrogen-bond acceptors (Lipinski definition) is 9. The molecule has 8 rings (SSSR count). The van der Waals surface area contributed by atoms with Crippen molar-refractivity contribution in [2.75, 3.05) is 55.6 Å². The number of carbonyl (C=O) groups excluding carboxylic acids is 1. The Hall–Kier alpha value is -4.92. The second-order valence-electron chi connectivity index (χ2n) is 15.5. The van der Waals surface area contributed by atoms with Crippen LogP contribution >= 0.6 is 0 Å². The Morgan fingerprint density at radius 3 is 2.44 bits per heavy atom. The van der Waals surface area contributed by atoms with Crippen LogP contribution in [0.2, 0.25) is 0 Å². The van der Waals surface area contributed by atoms with Crippen molar-refractivity contribution in [2.24, 2.45) is 18.9 Å². The van der Waals surface area contributed by atoms with Crippen LogP contribution < -0.4 is 9.80 Å². The van der Waals surface area contributed by atoms with Gasteiger partial charge in [-0.3, -0.25) is 14.2 Å². The average Bonchev–Trinajstić information content (AvgIpc) is 3.78. The van der Waals surface area contributed by atoms with Crippen LogP contribution in [0.4, 0.5) is 26.2 Å². The lowest BCUT2D eigenvalue weighted by Gasteiger charge is -2.41. The fourth-order valence-corrected chi connectivity index (χ4v) is 9.00. The van der Waals surface area contributed by atoms with Gasteiger partial charge in [-0.2, -0.15) is 10.2 Å². The molecule has 1 N–H and O–H groups in total. The molecule has 286 valence electrons. The summed E-state index contributed by atoms with van der Waals surface area (Å²) in [7, 11) is 1.79. The van der Waals surface area contributed by atoms with E-state index in [-0.39, 0.29) is 23.1 Å². The first kappa shape index (κ1) is 36.1. The zero-order chi connectivity index (χ0) is 37.7. The van der Waals surface area contributed by atoms with Crippen molar-refractivity contribution < 1.29 is 23.5 Å². The van der Waals surface area contributed by atoms with E-state index in [0.29, 0.717) is 55.0 Å². The molecule has 0 spiro atoms. The van der Waals surface area contributed by atoms with Gasteiger partial charge >= 0.3 is 5.97 Å². The van der Waals surface area contributed by atoms with Crippen LogP contribution in [0.3, 0.4) is 0 Å². The molecule has 2 saturated heterocycles. The van der Waals surface area contributed by atoms with Crippen molar-refractivity contribution in [3.63, 3.8) is 0 Å². The number of piperidine rings is 2. The Morgan fingerprint density at radius 2 is 1.78 bits per heavy atom. The first-order chi connectivity index (χ1) is 26.0. The molecule has 7 heterocycles. The predicted octanol–water partition coefficient (Wildman–Crippen LogP) is 5.50. The molecule has 15 heteroatoms. The summed E-state index contributed by atoms with van der Waals surface area (Å²) in [5, 5.41) is 18.8. The average molecular weight is 743 g/mol. The molecule has 0 unspecified atom stereocenters. The minimum atomic E-state index is -2.65. The molecule has 54 heavy (non-hydrogen) atoms. The van der Waals surface area contributed by atoms with Crippen molar-refractivity contribution in [3.05, 3.63) is 64.9 Å². The number of fused-ring (bicyclic) bond motifs is 2. The number of likely N-dealkylation sites (tertiary alicyclic amines) is 1. The number of anilines is 3. The van der Waals surface area contributed by atoms with Crippen LogP contribution in [0, 0.1) is 11.8 Å². The van der Waals surface area contributed by atoms with Crippen molar-refractivity contribution in [1.29, 1.82) is 0 Å². The van der Waals surface area contributed by atoms with Gasteiger partial charge < -0.3 is 24.7 Å². The summed E-state index contributed by atoms with van der Waals surface area (Å²) < 4.78 is 33.2. The molecule has 0 radical (unpaired) electrons. The third kappa shape index (κ3) is 6.93. The smallest absolute Gasteiger partial charge is 0.338 e. The van der Waals surface area contributed by atoms with Crippen LogP contribution in [-0.2, 0) is 31.2 Å². The number of carbonyl (C=O) groups is 2. The highest BCUT2D eigenvalue weighted by molar-refractivity contribution is 5.86. The van der Waals surface area contributed by atoms with Gasteiger partial charge in [-0.25, -0.2) is 23.5 Å². The van der Waals surface area contributed by atoms with E-state index in [2.05, 4.69) is 41.4 Å². The predicted molar refractivity (Wildman–Crippen MR) is 199 cm³/mol. The number of nitrogens with zero attached hydrogens (tertiary/aromatic N) is 10. The first-order valence-electron chi connectivity index (χ1n) is 19.1. The lowest BCUT2D eigenvalue weighted by molar-refractivity contribution is -0.129. The SMILES string of the molecule is CC(=O)N1CCc2c(c(N3CCCc4cc(-c5cnn(C)c5)c(C(F)F)cc43)nn2C2CCN(C[C@@H]3CCN(c4ncc(C(=O)O)cn4)C[C@@H]3C)CC2)C1. The van der Waals surface area contributed by atoms with Crippen LogP contribution in [0.25, 0.3) is 11.1 Å². The molecule has 3 aromatic heterocycles. The van der Waals surface area contributed by atoms with E-state index in [1.165, 1.54) is 12.4 Å². The van der Waals surface area contributed by atoms with Gasteiger partial charge in [0.2, 0.25) is 11.9 Å². The molecular formula is C39H48F2N10O3. The Morgan fingerprint density at radius 1 is 1.00 bits per heavy atom. The lowest BCUT2D eigenvalue weighted by Crippen LogP contribution is -2.46. The molecule has 2 atom stereocenters. The largest absolute Gasteiger partial charge is 0.478 e. The van der Waals surface area contributed by atoms with Gasteiger partial charge in [0, 0.05) is 113 Å². The summed E-state index contributed by atoms with van der Waals surface area (Å²) in [6.07, 6.45) is 8.81. The lowest BCUT2D eigenvalue weighted by atomic mass is 9.86. The van der Waals surface area contributed by atoms with Gasteiger partial charge in [0.25, 0.3) is 6.43 Å². The van der Waals surface area contributed by atoms with E-state index in [9.17, 15) is 23.5 Å². The molecule has 4 aliphatic rings. The maximum Gasteiger partial charge on any atom is 0.338 e. The van der Waals surface area contributed by atoms with Crippen LogP contribution in [-0.4, -0.2) is 102 Å². The highest BCUT2D eigenvalue weighted by atomic mass is 19.3. The van der Waals surface area contributed by atoms with E-state index >= 15 is 0 Å².